The maximum atomic E-state index is 5.45. The highest BCUT2D eigenvalue weighted by molar-refractivity contribution is 4.78. The van der Waals surface area contributed by atoms with E-state index in [-0.39, 0.29) is 0 Å². The number of nitrogens with zero attached hydrogens (tertiary/aromatic N) is 1. The van der Waals surface area contributed by atoms with Crippen molar-refractivity contribution < 1.29 is 0 Å². The van der Waals surface area contributed by atoms with Gasteiger partial charge in [-0.3, -0.25) is 0 Å². The summed E-state index contributed by atoms with van der Waals surface area (Å²) in [5, 5.41) is 3.48. The van der Waals surface area contributed by atoms with Gasteiger partial charge >= 0.3 is 0 Å². The fraction of sp³-hybridized carbons (Fsp3) is 1.00. The molecule has 0 saturated carbocycles. The second-order valence-corrected chi connectivity index (χ2v) is 4.15. The van der Waals surface area contributed by atoms with Crippen molar-refractivity contribution in [3.63, 3.8) is 0 Å². The van der Waals surface area contributed by atoms with Crippen LogP contribution in [0.25, 0.3) is 0 Å². The van der Waals surface area contributed by atoms with Crippen molar-refractivity contribution in [3.05, 3.63) is 0 Å². The molecule has 3 nitrogen and oxygen atoms in total. The van der Waals surface area contributed by atoms with Crippen LogP contribution in [0.15, 0.2) is 0 Å². The molecule has 1 aliphatic rings. The van der Waals surface area contributed by atoms with Gasteiger partial charge in [0.25, 0.3) is 0 Å². The lowest BCUT2D eigenvalue weighted by molar-refractivity contribution is 0.162. The maximum Gasteiger partial charge on any atom is 0.00919 e. The third-order valence-corrected chi connectivity index (χ3v) is 2.84. The number of piperidine rings is 1. The number of rotatable bonds is 4. The Morgan fingerprint density at radius 2 is 2.00 bits per heavy atom. The molecule has 1 heterocycles. The Bertz CT molecular complexity index is 128. The predicted octanol–water partition coefficient (Wildman–Crippen LogP) is 0.408. The van der Waals surface area contributed by atoms with Gasteiger partial charge in [0, 0.05) is 25.2 Å². The molecule has 0 bridgehead atoms. The van der Waals surface area contributed by atoms with E-state index in [0.717, 1.165) is 13.1 Å². The van der Waals surface area contributed by atoms with Crippen LogP contribution in [-0.4, -0.2) is 43.2 Å². The lowest BCUT2D eigenvalue weighted by atomic mass is 10.0. The number of hydrogen-bond donors (Lipinski definition) is 2. The molecule has 0 aliphatic carbocycles. The Balaban J connectivity index is 2.15. The van der Waals surface area contributed by atoms with Crippen molar-refractivity contribution in [2.45, 2.75) is 38.8 Å². The maximum absolute atomic E-state index is 5.45. The van der Waals surface area contributed by atoms with Crippen LogP contribution in [0, 0.1) is 0 Å². The number of nitrogens with two attached hydrogens (primary N) is 1. The average Bonchev–Trinajstić information content (AvgIpc) is 2.15. The molecule has 1 aliphatic heterocycles. The molecule has 1 fully saturated rings. The highest BCUT2D eigenvalue weighted by atomic mass is 15.2. The summed E-state index contributed by atoms with van der Waals surface area (Å²) in [6, 6.07) is 1.41. The van der Waals surface area contributed by atoms with Gasteiger partial charge in [0.15, 0.2) is 0 Å². The molecular weight excluding hydrogens is 162 g/mol. The molecule has 0 aromatic heterocycles. The van der Waals surface area contributed by atoms with Crippen LogP contribution in [0.5, 0.6) is 0 Å². The van der Waals surface area contributed by atoms with E-state index in [1.165, 1.54) is 25.9 Å². The van der Waals surface area contributed by atoms with Crippen LogP contribution in [0.1, 0.15) is 26.7 Å². The lowest BCUT2D eigenvalue weighted by Gasteiger charge is -2.34. The summed E-state index contributed by atoms with van der Waals surface area (Å²) in [5.41, 5.74) is 5.45. The minimum absolute atomic E-state index is 0.704. The quantitative estimate of drug-likeness (QED) is 0.666. The molecule has 0 unspecified atom stereocenters. The molecule has 78 valence electrons. The Morgan fingerprint density at radius 1 is 1.38 bits per heavy atom. The van der Waals surface area contributed by atoms with Crippen molar-refractivity contribution in [1.29, 1.82) is 0 Å². The molecule has 0 aromatic carbocycles. The zero-order valence-corrected chi connectivity index (χ0v) is 8.92. The van der Waals surface area contributed by atoms with E-state index in [9.17, 15) is 0 Å². The van der Waals surface area contributed by atoms with Gasteiger partial charge in [-0.05, 0) is 39.8 Å². The van der Waals surface area contributed by atoms with E-state index in [4.69, 9.17) is 5.73 Å². The molecule has 1 saturated heterocycles. The Hall–Kier alpha value is -0.120. The normalized spacial score (nSPS) is 21.2. The van der Waals surface area contributed by atoms with Gasteiger partial charge in [-0.2, -0.15) is 0 Å². The third kappa shape index (κ3) is 3.63. The summed E-state index contributed by atoms with van der Waals surface area (Å²) in [6.07, 6.45) is 2.55. The first kappa shape index (κ1) is 11.0. The van der Waals surface area contributed by atoms with Gasteiger partial charge in [0.1, 0.15) is 0 Å². The topological polar surface area (TPSA) is 41.3 Å². The first-order valence-corrected chi connectivity index (χ1v) is 5.41. The molecule has 1 rings (SSSR count). The van der Waals surface area contributed by atoms with Gasteiger partial charge in [-0.1, -0.05) is 0 Å². The fourth-order valence-corrected chi connectivity index (χ4v) is 1.91. The highest BCUT2D eigenvalue weighted by Crippen LogP contribution is 2.12. The molecule has 0 amide bonds. The average molecular weight is 185 g/mol. The van der Waals surface area contributed by atoms with Gasteiger partial charge in [0.2, 0.25) is 0 Å². The SMILES string of the molecule is CC(C)N1CCC(NCCN)CC1. The zero-order chi connectivity index (χ0) is 9.68. The standard InChI is InChI=1S/C10H23N3/c1-9(2)13-7-3-10(4-8-13)12-6-5-11/h9-10,12H,3-8,11H2,1-2H3. The molecule has 0 spiro atoms. The Kier molecular flexibility index (Phi) is 4.70. The Morgan fingerprint density at radius 3 is 2.46 bits per heavy atom. The van der Waals surface area contributed by atoms with Crippen LogP contribution >= 0.6 is 0 Å². The van der Waals surface area contributed by atoms with E-state index < -0.39 is 0 Å². The van der Waals surface area contributed by atoms with Gasteiger partial charge in [0.05, 0.1) is 0 Å². The number of likely N-dealkylation sites (tertiary alicyclic amines) is 1. The molecule has 3 heteroatoms. The summed E-state index contributed by atoms with van der Waals surface area (Å²) in [6.45, 7) is 8.73. The second kappa shape index (κ2) is 5.58. The van der Waals surface area contributed by atoms with Crippen molar-refractivity contribution in [1.82, 2.24) is 10.2 Å². The molecular formula is C10H23N3. The molecule has 0 radical (unpaired) electrons. The van der Waals surface area contributed by atoms with Crippen molar-refractivity contribution in [2.24, 2.45) is 5.73 Å². The van der Waals surface area contributed by atoms with E-state index in [1.807, 2.05) is 0 Å². The smallest absolute Gasteiger partial charge is 0.00919 e. The van der Waals surface area contributed by atoms with Gasteiger partial charge in [-0.15, -0.1) is 0 Å². The molecule has 0 aromatic rings. The summed E-state index contributed by atoms with van der Waals surface area (Å²) < 4.78 is 0. The summed E-state index contributed by atoms with van der Waals surface area (Å²) >= 11 is 0. The van der Waals surface area contributed by atoms with E-state index in [1.54, 1.807) is 0 Å². The summed E-state index contributed by atoms with van der Waals surface area (Å²) in [5.74, 6) is 0. The van der Waals surface area contributed by atoms with Crippen LogP contribution in [-0.2, 0) is 0 Å². The van der Waals surface area contributed by atoms with Crippen LogP contribution in [0.3, 0.4) is 0 Å². The van der Waals surface area contributed by atoms with Crippen molar-refractivity contribution in [3.8, 4) is 0 Å². The fourth-order valence-electron chi connectivity index (χ4n) is 1.91. The Labute approximate surface area is 81.7 Å². The first-order valence-electron chi connectivity index (χ1n) is 5.41. The second-order valence-electron chi connectivity index (χ2n) is 4.15. The van der Waals surface area contributed by atoms with Crippen LogP contribution in [0.4, 0.5) is 0 Å². The number of nitrogens with one attached hydrogen (secondary N) is 1. The van der Waals surface area contributed by atoms with E-state index in [2.05, 4.69) is 24.1 Å². The van der Waals surface area contributed by atoms with Crippen LogP contribution < -0.4 is 11.1 Å². The minimum Gasteiger partial charge on any atom is -0.329 e. The molecule has 13 heavy (non-hydrogen) atoms. The van der Waals surface area contributed by atoms with E-state index in [0.29, 0.717) is 12.1 Å². The largest absolute Gasteiger partial charge is 0.329 e. The molecule has 0 atom stereocenters. The summed E-state index contributed by atoms with van der Waals surface area (Å²) in [7, 11) is 0. The van der Waals surface area contributed by atoms with Crippen molar-refractivity contribution >= 4 is 0 Å². The minimum atomic E-state index is 0.704. The van der Waals surface area contributed by atoms with Crippen LogP contribution in [0.2, 0.25) is 0 Å². The predicted molar refractivity (Wildman–Crippen MR) is 56.8 cm³/mol. The first-order chi connectivity index (χ1) is 6.24. The van der Waals surface area contributed by atoms with E-state index >= 15 is 0 Å². The van der Waals surface area contributed by atoms with Gasteiger partial charge in [-0.25, -0.2) is 0 Å². The van der Waals surface area contributed by atoms with Crippen molar-refractivity contribution in [2.75, 3.05) is 26.2 Å². The third-order valence-electron chi connectivity index (χ3n) is 2.84. The summed E-state index contributed by atoms with van der Waals surface area (Å²) in [4.78, 5) is 2.54. The number of hydrogen-bond acceptors (Lipinski definition) is 3. The lowest BCUT2D eigenvalue weighted by Crippen LogP contribution is -2.45. The highest BCUT2D eigenvalue weighted by Gasteiger charge is 2.19. The zero-order valence-electron chi connectivity index (χ0n) is 8.92. The monoisotopic (exact) mass is 185 g/mol. The van der Waals surface area contributed by atoms with Gasteiger partial charge < -0.3 is 16.0 Å². The molecule has 3 N–H and O–H groups in total.